The Kier molecular flexibility index (Phi) is 8.46. The van der Waals surface area contributed by atoms with E-state index in [1.807, 2.05) is 19.9 Å². The van der Waals surface area contributed by atoms with E-state index in [1.165, 1.54) is 16.2 Å². The van der Waals surface area contributed by atoms with Gasteiger partial charge in [-0.1, -0.05) is 13.8 Å². The number of imide groups is 1. The molecule has 1 saturated carbocycles. The fraction of sp³-hybridized carbons (Fsp3) is 0.483. The highest BCUT2D eigenvalue weighted by molar-refractivity contribution is 7.19. The van der Waals surface area contributed by atoms with Gasteiger partial charge in [0.15, 0.2) is 0 Å². The van der Waals surface area contributed by atoms with Gasteiger partial charge in [0.05, 0.1) is 41.3 Å². The molecule has 0 spiro atoms. The number of likely N-dealkylation sites (tertiary alicyclic amines) is 1. The molecule has 6 rings (SSSR count). The van der Waals surface area contributed by atoms with Crippen molar-refractivity contribution >= 4 is 39.3 Å². The van der Waals surface area contributed by atoms with Gasteiger partial charge in [-0.05, 0) is 41.7 Å². The van der Waals surface area contributed by atoms with Crippen LogP contribution in [0, 0.1) is 24.2 Å². The van der Waals surface area contributed by atoms with Crippen LogP contribution >= 0.6 is 11.3 Å². The molecule has 0 bridgehead atoms. The van der Waals surface area contributed by atoms with Crippen LogP contribution in [0.2, 0.25) is 0 Å². The molecule has 16 heteroatoms. The number of carboxylic acid groups (broad SMARTS) is 1. The zero-order valence-corrected chi connectivity index (χ0v) is 25.0. The standard InChI is InChI=1S/C27H27F3N4O3S.C2HF3O2/c1-13-17(8-14-11-31-6-7-37-14)18(10-20(33-13)27(28,29)30)16-4-5-32-19-9-15(38-23(16)19)12-34-24(35)21-22(25(34)36)26(21,2)3;3-2(4,5)1(6)7/h4-5,9-10,14,21-22,31H,6-8,11-12H2,1-3H3;(H,6,7). The summed E-state index contributed by atoms with van der Waals surface area (Å²) >= 11 is 1.35. The lowest BCUT2D eigenvalue weighted by atomic mass is 9.94. The molecular weight excluding hydrogens is 630 g/mol. The second-order valence-electron chi connectivity index (χ2n) is 11.6. The van der Waals surface area contributed by atoms with Gasteiger partial charge in [-0.15, -0.1) is 11.3 Å². The van der Waals surface area contributed by atoms with Gasteiger partial charge in [0.1, 0.15) is 5.69 Å². The molecule has 242 valence electrons. The van der Waals surface area contributed by atoms with Gasteiger partial charge in [0, 0.05) is 41.8 Å². The van der Waals surface area contributed by atoms with Crippen molar-refractivity contribution < 1.29 is 50.6 Å². The minimum atomic E-state index is -5.08. The number of piperidine rings is 1. The number of halogens is 6. The van der Waals surface area contributed by atoms with E-state index in [0.29, 0.717) is 52.2 Å². The summed E-state index contributed by atoms with van der Waals surface area (Å²) in [6, 6.07) is 4.63. The summed E-state index contributed by atoms with van der Waals surface area (Å²) < 4.78 is 79.6. The van der Waals surface area contributed by atoms with Crippen LogP contribution in [0.4, 0.5) is 26.3 Å². The first kappa shape index (κ1) is 32.8. The third-order valence-electron chi connectivity index (χ3n) is 8.26. The number of aliphatic carboxylic acids is 1. The Morgan fingerprint density at radius 1 is 1.13 bits per heavy atom. The third-order valence-corrected chi connectivity index (χ3v) is 9.40. The maximum atomic E-state index is 13.8. The number of fused-ring (bicyclic) bond motifs is 2. The van der Waals surface area contributed by atoms with Gasteiger partial charge in [-0.3, -0.25) is 19.5 Å². The minimum absolute atomic E-state index is 0.138. The number of morpholine rings is 1. The van der Waals surface area contributed by atoms with E-state index in [-0.39, 0.29) is 41.7 Å². The number of thiophene rings is 1. The number of nitrogens with zero attached hydrogens (tertiary/aromatic N) is 3. The summed E-state index contributed by atoms with van der Waals surface area (Å²) in [5.41, 5.74) is 1.43. The number of rotatable bonds is 5. The van der Waals surface area contributed by atoms with Gasteiger partial charge in [0.25, 0.3) is 0 Å². The van der Waals surface area contributed by atoms with E-state index in [0.717, 1.165) is 17.5 Å². The second kappa shape index (κ2) is 11.6. The fourth-order valence-corrected chi connectivity index (χ4v) is 7.04. The van der Waals surface area contributed by atoms with Crippen molar-refractivity contribution in [3.63, 3.8) is 0 Å². The zero-order valence-electron chi connectivity index (χ0n) is 24.2. The van der Waals surface area contributed by atoms with Gasteiger partial charge in [-0.2, -0.15) is 26.3 Å². The number of aryl methyl sites for hydroxylation is 1. The largest absolute Gasteiger partial charge is 0.490 e. The molecule has 2 amide bonds. The molecule has 0 radical (unpaired) electrons. The van der Waals surface area contributed by atoms with Crippen LogP contribution < -0.4 is 5.32 Å². The first-order valence-electron chi connectivity index (χ1n) is 13.8. The zero-order chi connectivity index (χ0) is 33.1. The van der Waals surface area contributed by atoms with Crippen molar-refractivity contribution in [3.8, 4) is 11.1 Å². The Morgan fingerprint density at radius 2 is 1.78 bits per heavy atom. The summed E-state index contributed by atoms with van der Waals surface area (Å²) in [5.74, 6) is -3.60. The molecule has 3 aromatic rings. The fourth-order valence-electron chi connectivity index (χ4n) is 5.91. The smallest absolute Gasteiger partial charge is 0.475 e. The summed E-state index contributed by atoms with van der Waals surface area (Å²) in [7, 11) is 0. The third kappa shape index (κ3) is 6.40. The van der Waals surface area contributed by atoms with Gasteiger partial charge in [-0.25, -0.2) is 9.78 Å². The Labute approximate surface area is 256 Å². The predicted molar refractivity (Wildman–Crippen MR) is 149 cm³/mol. The second-order valence-corrected chi connectivity index (χ2v) is 12.8. The van der Waals surface area contributed by atoms with Crippen molar-refractivity contribution in [1.29, 1.82) is 0 Å². The molecule has 45 heavy (non-hydrogen) atoms. The molecule has 3 fully saturated rings. The van der Waals surface area contributed by atoms with Crippen LogP contribution in [0.3, 0.4) is 0 Å². The lowest BCUT2D eigenvalue weighted by Crippen LogP contribution is -2.39. The normalized spacial score (nSPS) is 22.7. The number of carbonyl (C=O) groups excluding carboxylic acids is 2. The number of carboxylic acids is 1. The number of aromatic nitrogens is 2. The predicted octanol–water partition coefficient (Wildman–Crippen LogP) is 4.99. The SMILES string of the molecule is Cc1nc(C(F)(F)F)cc(-c2ccnc3cc(CN4C(=O)C5C(C4=O)C5(C)C)sc23)c1CC1CNCCO1.O=C(O)C(F)(F)F. The number of carbonyl (C=O) groups is 3. The Bertz CT molecular complexity index is 1640. The average molecular weight is 659 g/mol. The summed E-state index contributed by atoms with van der Waals surface area (Å²) in [4.78, 5) is 45.0. The van der Waals surface area contributed by atoms with E-state index >= 15 is 0 Å². The molecule has 2 aliphatic heterocycles. The van der Waals surface area contributed by atoms with Crippen molar-refractivity contribution in [1.82, 2.24) is 20.2 Å². The van der Waals surface area contributed by atoms with Crippen molar-refractivity contribution in [2.24, 2.45) is 17.3 Å². The van der Waals surface area contributed by atoms with Crippen molar-refractivity contribution in [2.75, 3.05) is 19.7 Å². The number of pyridine rings is 2. The van der Waals surface area contributed by atoms with Gasteiger partial charge >= 0.3 is 18.3 Å². The van der Waals surface area contributed by atoms with Crippen molar-refractivity contribution in [2.45, 2.75) is 52.2 Å². The first-order chi connectivity index (χ1) is 20.9. The molecule has 3 atom stereocenters. The van der Waals surface area contributed by atoms with E-state index in [1.54, 1.807) is 19.2 Å². The van der Waals surface area contributed by atoms with Gasteiger partial charge in [0.2, 0.25) is 11.8 Å². The van der Waals surface area contributed by atoms with Crippen LogP contribution in [0.25, 0.3) is 21.3 Å². The number of hydrogen-bond donors (Lipinski definition) is 2. The Balaban J connectivity index is 0.000000515. The average Bonchev–Trinajstić information content (AvgIpc) is 3.19. The molecule has 2 N–H and O–H groups in total. The van der Waals surface area contributed by atoms with Gasteiger partial charge < -0.3 is 15.2 Å². The highest BCUT2D eigenvalue weighted by Gasteiger charge is 2.72. The van der Waals surface area contributed by atoms with E-state index in [4.69, 9.17) is 14.6 Å². The summed E-state index contributed by atoms with van der Waals surface area (Å²) in [5, 5.41) is 10.4. The molecule has 9 nitrogen and oxygen atoms in total. The molecule has 0 aromatic carbocycles. The maximum absolute atomic E-state index is 13.8. The number of hydrogen-bond acceptors (Lipinski definition) is 8. The molecule has 1 aliphatic carbocycles. The number of nitrogens with one attached hydrogen (secondary N) is 1. The van der Waals surface area contributed by atoms with Crippen LogP contribution in [0.1, 0.15) is 35.7 Å². The molecule has 3 unspecified atom stereocenters. The topological polar surface area (TPSA) is 122 Å². The molecule has 2 saturated heterocycles. The molecular formula is C29H28F6N4O5S. The highest BCUT2D eigenvalue weighted by Crippen LogP contribution is 2.63. The monoisotopic (exact) mass is 658 g/mol. The highest BCUT2D eigenvalue weighted by atomic mass is 32.1. The number of amides is 2. The molecule has 3 aromatic heterocycles. The van der Waals surface area contributed by atoms with E-state index < -0.39 is 24.0 Å². The summed E-state index contributed by atoms with van der Waals surface area (Å²) in [6.45, 7) is 7.47. The van der Waals surface area contributed by atoms with Crippen LogP contribution in [-0.4, -0.2) is 69.7 Å². The van der Waals surface area contributed by atoms with Crippen LogP contribution in [-0.2, 0) is 38.3 Å². The molecule has 3 aliphatic rings. The van der Waals surface area contributed by atoms with Crippen LogP contribution in [0.15, 0.2) is 24.4 Å². The first-order valence-corrected chi connectivity index (χ1v) is 14.7. The molecule has 5 heterocycles. The summed E-state index contributed by atoms with van der Waals surface area (Å²) in [6.07, 6.45) is -7.88. The van der Waals surface area contributed by atoms with Crippen molar-refractivity contribution in [3.05, 3.63) is 46.2 Å². The quantitative estimate of drug-likeness (QED) is 0.291. The van der Waals surface area contributed by atoms with E-state index in [2.05, 4.69) is 15.3 Å². The minimum Gasteiger partial charge on any atom is -0.475 e. The lowest BCUT2D eigenvalue weighted by Gasteiger charge is -2.25. The Morgan fingerprint density at radius 3 is 2.33 bits per heavy atom. The lowest BCUT2D eigenvalue weighted by molar-refractivity contribution is -0.192. The number of ether oxygens (including phenoxy) is 1. The number of alkyl halides is 6. The maximum Gasteiger partial charge on any atom is 0.490 e. The van der Waals surface area contributed by atoms with Crippen LogP contribution in [0.5, 0.6) is 0 Å². The van der Waals surface area contributed by atoms with E-state index in [9.17, 15) is 35.9 Å². The Hall–Kier alpha value is -3.63.